The molecule has 0 aliphatic carbocycles. The van der Waals surface area contributed by atoms with Crippen LogP contribution in [0.1, 0.15) is 6.42 Å². The molecular weight excluding hydrogens is 152 g/mol. The van der Waals surface area contributed by atoms with Crippen LogP contribution >= 0.6 is 0 Å². The van der Waals surface area contributed by atoms with Gasteiger partial charge in [-0.15, -0.1) is 6.58 Å². The van der Waals surface area contributed by atoms with Gasteiger partial charge in [-0.3, -0.25) is 4.99 Å². The Balaban J connectivity index is 2.81. The third kappa shape index (κ3) is 9.33. The Kier molecular flexibility index (Phi) is 9.75. The Morgan fingerprint density at radius 2 is 2.17 bits per heavy atom. The molecule has 0 heterocycles. The van der Waals surface area contributed by atoms with Crippen LogP contribution < -0.4 is 5.32 Å². The lowest BCUT2D eigenvalue weighted by Crippen LogP contribution is -2.20. The third-order valence-electron chi connectivity index (χ3n) is 1.34. The molecule has 0 bridgehead atoms. The van der Waals surface area contributed by atoms with E-state index in [4.69, 9.17) is 4.74 Å². The first-order valence-electron chi connectivity index (χ1n) is 4.23. The van der Waals surface area contributed by atoms with Crippen LogP contribution in [0.15, 0.2) is 17.6 Å². The molecule has 0 aromatic heterocycles. The molecule has 0 amide bonds. The van der Waals surface area contributed by atoms with E-state index in [9.17, 15) is 0 Å². The summed E-state index contributed by atoms with van der Waals surface area (Å²) in [5.41, 5.74) is 0. The van der Waals surface area contributed by atoms with Crippen molar-refractivity contribution in [1.82, 2.24) is 5.32 Å². The summed E-state index contributed by atoms with van der Waals surface area (Å²) < 4.78 is 5.23. The maximum absolute atomic E-state index is 5.23. The second-order valence-electron chi connectivity index (χ2n) is 2.39. The van der Waals surface area contributed by atoms with E-state index >= 15 is 0 Å². The molecule has 0 rings (SSSR count). The molecule has 0 saturated carbocycles. The number of hydrogen-bond donors (Lipinski definition) is 1. The molecular formula is C9H18N2O. The summed E-state index contributed by atoms with van der Waals surface area (Å²) >= 11 is 0. The Labute approximate surface area is 74.5 Å². The van der Waals surface area contributed by atoms with Gasteiger partial charge in [0, 0.05) is 6.54 Å². The molecule has 0 aromatic carbocycles. The van der Waals surface area contributed by atoms with E-state index in [1.165, 1.54) is 0 Å². The SMILES string of the molecule is C=CCCNCCOCCN=C. The number of rotatable bonds is 9. The summed E-state index contributed by atoms with van der Waals surface area (Å²) in [4.78, 5) is 3.67. The molecule has 0 fully saturated rings. The van der Waals surface area contributed by atoms with Gasteiger partial charge in [0.25, 0.3) is 0 Å². The van der Waals surface area contributed by atoms with Crippen LogP contribution in [0.3, 0.4) is 0 Å². The van der Waals surface area contributed by atoms with Gasteiger partial charge in [0.05, 0.1) is 19.8 Å². The Morgan fingerprint density at radius 3 is 2.83 bits per heavy atom. The Hall–Kier alpha value is -0.670. The van der Waals surface area contributed by atoms with Crippen LogP contribution in [0.5, 0.6) is 0 Å². The molecule has 0 aromatic rings. The second-order valence-corrected chi connectivity index (χ2v) is 2.39. The third-order valence-corrected chi connectivity index (χ3v) is 1.34. The maximum atomic E-state index is 5.23. The van der Waals surface area contributed by atoms with Crippen molar-refractivity contribution in [2.75, 3.05) is 32.8 Å². The van der Waals surface area contributed by atoms with Crippen LogP contribution in [0.4, 0.5) is 0 Å². The van der Waals surface area contributed by atoms with E-state index in [-0.39, 0.29) is 0 Å². The minimum absolute atomic E-state index is 0.673. The quantitative estimate of drug-likeness (QED) is 0.316. The predicted octanol–water partition coefficient (Wildman–Crippen LogP) is 0.869. The smallest absolute Gasteiger partial charge is 0.0662 e. The van der Waals surface area contributed by atoms with Crippen molar-refractivity contribution in [2.45, 2.75) is 6.42 Å². The first-order valence-corrected chi connectivity index (χ1v) is 4.23. The van der Waals surface area contributed by atoms with Crippen molar-refractivity contribution in [3.8, 4) is 0 Å². The molecule has 3 nitrogen and oxygen atoms in total. The zero-order valence-corrected chi connectivity index (χ0v) is 7.59. The van der Waals surface area contributed by atoms with Gasteiger partial charge < -0.3 is 10.1 Å². The van der Waals surface area contributed by atoms with Gasteiger partial charge >= 0.3 is 0 Å². The average Bonchev–Trinajstić information content (AvgIpc) is 2.10. The Bertz CT molecular complexity index is 101. The van der Waals surface area contributed by atoms with Crippen LogP contribution in [0, 0.1) is 0 Å². The minimum Gasteiger partial charge on any atom is -0.378 e. The largest absolute Gasteiger partial charge is 0.378 e. The Morgan fingerprint density at radius 1 is 1.33 bits per heavy atom. The molecule has 0 atom stereocenters. The second kappa shape index (κ2) is 10.3. The van der Waals surface area contributed by atoms with Gasteiger partial charge in [0.2, 0.25) is 0 Å². The lowest BCUT2D eigenvalue weighted by Gasteiger charge is -2.03. The lowest BCUT2D eigenvalue weighted by molar-refractivity contribution is 0.144. The highest BCUT2D eigenvalue weighted by atomic mass is 16.5. The molecule has 3 heteroatoms. The number of hydrogen-bond acceptors (Lipinski definition) is 3. The van der Waals surface area contributed by atoms with Crippen molar-refractivity contribution < 1.29 is 4.74 Å². The maximum Gasteiger partial charge on any atom is 0.0662 e. The summed E-state index contributed by atoms with van der Waals surface area (Å²) in [5, 5.41) is 3.22. The van der Waals surface area contributed by atoms with E-state index in [1.54, 1.807) is 0 Å². The zero-order valence-electron chi connectivity index (χ0n) is 7.59. The van der Waals surface area contributed by atoms with E-state index in [0.29, 0.717) is 13.2 Å². The monoisotopic (exact) mass is 170 g/mol. The topological polar surface area (TPSA) is 33.6 Å². The van der Waals surface area contributed by atoms with E-state index < -0.39 is 0 Å². The van der Waals surface area contributed by atoms with Crippen molar-refractivity contribution in [2.24, 2.45) is 4.99 Å². The van der Waals surface area contributed by atoms with Crippen molar-refractivity contribution in [3.05, 3.63) is 12.7 Å². The van der Waals surface area contributed by atoms with Gasteiger partial charge in [-0.2, -0.15) is 0 Å². The minimum atomic E-state index is 0.673. The van der Waals surface area contributed by atoms with Crippen molar-refractivity contribution in [3.63, 3.8) is 0 Å². The van der Waals surface area contributed by atoms with Crippen molar-refractivity contribution >= 4 is 6.72 Å². The molecule has 0 saturated heterocycles. The molecule has 1 N–H and O–H groups in total. The normalized spacial score (nSPS) is 9.67. The summed E-state index contributed by atoms with van der Waals surface area (Å²) in [6, 6.07) is 0. The fraction of sp³-hybridized carbons (Fsp3) is 0.667. The van der Waals surface area contributed by atoms with Gasteiger partial charge in [0.1, 0.15) is 0 Å². The van der Waals surface area contributed by atoms with E-state index in [1.807, 2.05) is 6.08 Å². The average molecular weight is 170 g/mol. The summed E-state index contributed by atoms with van der Waals surface area (Å²) in [5.74, 6) is 0. The first-order chi connectivity index (χ1) is 5.91. The molecule has 0 aliphatic heterocycles. The van der Waals surface area contributed by atoms with Gasteiger partial charge in [-0.05, 0) is 19.7 Å². The molecule has 0 aliphatic rings. The lowest BCUT2D eigenvalue weighted by atomic mass is 10.4. The summed E-state index contributed by atoms with van der Waals surface area (Å²) in [6.45, 7) is 11.0. The molecule has 0 radical (unpaired) electrons. The predicted molar refractivity (Wildman–Crippen MR) is 52.9 cm³/mol. The summed E-state index contributed by atoms with van der Waals surface area (Å²) in [7, 11) is 0. The van der Waals surface area contributed by atoms with Crippen molar-refractivity contribution in [1.29, 1.82) is 0 Å². The summed E-state index contributed by atoms with van der Waals surface area (Å²) in [6.07, 6.45) is 2.91. The fourth-order valence-electron chi connectivity index (χ4n) is 0.705. The number of aliphatic imine (C=N–C) groups is 1. The zero-order chi connectivity index (χ0) is 9.07. The van der Waals surface area contributed by atoms with E-state index in [0.717, 1.165) is 26.1 Å². The van der Waals surface area contributed by atoms with Crippen LogP contribution in [-0.2, 0) is 4.74 Å². The van der Waals surface area contributed by atoms with Crippen LogP contribution in [-0.4, -0.2) is 39.6 Å². The molecule has 70 valence electrons. The van der Waals surface area contributed by atoms with Crippen LogP contribution in [0.2, 0.25) is 0 Å². The van der Waals surface area contributed by atoms with Gasteiger partial charge in [-0.1, -0.05) is 6.08 Å². The number of ether oxygens (including phenoxy) is 1. The van der Waals surface area contributed by atoms with Gasteiger partial charge in [-0.25, -0.2) is 0 Å². The highest BCUT2D eigenvalue weighted by Crippen LogP contribution is 1.77. The van der Waals surface area contributed by atoms with Gasteiger partial charge in [0.15, 0.2) is 0 Å². The first kappa shape index (κ1) is 11.3. The molecule has 12 heavy (non-hydrogen) atoms. The number of nitrogens with one attached hydrogen (secondary N) is 1. The highest BCUT2D eigenvalue weighted by molar-refractivity contribution is 5.22. The molecule has 0 spiro atoms. The standard InChI is InChI=1S/C9H18N2O/c1-3-4-5-11-7-9-12-8-6-10-2/h3,11H,1-2,4-9H2. The highest BCUT2D eigenvalue weighted by Gasteiger charge is 1.86. The fourth-order valence-corrected chi connectivity index (χ4v) is 0.705. The van der Waals surface area contributed by atoms with E-state index in [2.05, 4.69) is 23.6 Å². The molecule has 0 unspecified atom stereocenters. The number of nitrogens with zero attached hydrogens (tertiary/aromatic N) is 1. The van der Waals surface area contributed by atoms with Crippen LogP contribution in [0.25, 0.3) is 0 Å².